The van der Waals surface area contributed by atoms with E-state index >= 15 is 0 Å². The number of nitrogens with zero attached hydrogens (tertiary/aromatic N) is 2. The van der Waals surface area contributed by atoms with Crippen molar-refractivity contribution in [2.45, 2.75) is 11.1 Å². The number of sulfonamides is 1. The maximum absolute atomic E-state index is 13.2. The highest BCUT2D eigenvalue weighted by Crippen LogP contribution is 2.33. The molecule has 0 bridgehead atoms. The van der Waals surface area contributed by atoms with Crippen molar-refractivity contribution >= 4 is 27.8 Å². The van der Waals surface area contributed by atoms with Gasteiger partial charge in [0.25, 0.3) is 15.9 Å². The number of rotatable bonds is 10. The van der Waals surface area contributed by atoms with E-state index in [4.69, 9.17) is 4.74 Å². The molecule has 0 aromatic heterocycles. The summed E-state index contributed by atoms with van der Waals surface area (Å²) < 4.78 is 72.2. The lowest BCUT2D eigenvalue weighted by molar-refractivity contribution is -0.137. The Labute approximate surface area is 206 Å². The van der Waals surface area contributed by atoms with Gasteiger partial charge in [0.15, 0.2) is 0 Å². The number of carbonyl (C=O) groups excluding carboxylic acids is 1. The lowest BCUT2D eigenvalue weighted by Crippen LogP contribution is -2.39. The van der Waals surface area contributed by atoms with E-state index in [1.165, 1.54) is 36.5 Å². The first-order chi connectivity index (χ1) is 17.1. The van der Waals surface area contributed by atoms with Crippen LogP contribution in [0, 0.1) is 0 Å². The van der Waals surface area contributed by atoms with Crippen LogP contribution >= 0.6 is 0 Å². The van der Waals surface area contributed by atoms with Crippen molar-refractivity contribution in [3.05, 3.63) is 103 Å². The number of ether oxygens (including phenoxy) is 1. The third kappa shape index (κ3) is 6.95. The summed E-state index contributed by atoms with van der Waals surface area (Å²) in [4.78, 5) is 12.4. The Kier molecular flexibility index (Phi) is 8.49. The van der Waals surface area contributed by atoms with Gasteiger partial charge in [-0.05, 0) is 60.2 Å². The molecule has 0 spiro atoms. The van der Waals surface area contributed by atoms with Crippen LogP contribution in [0.15, 0.2) is 102 Å². The highest BCUT2D eigenvalue weighted by Gasteiger charge is 2.33. The van der Waals surface area contributed by atoms with Crippen molar-refractivity contribution in [3.8, 4) is 5.75 Å². The normalized spacial score (nSPS) is 11.8. The van der Waals surface area contributed by atoms with Crippen LogP contribution in [0.3, 0.4) is 0 Å². The third-order valence-corrected chi connectivity index (χ3v) is 6.52. The van der Waals surface area contributed by atoms with Crippen LogP contribution in [0.1, 0.15) is 11.1 Å². The largest absolute Gasteiger partial charge is 0.490 e. The average molecular weight is 518 g/mol. The van der Waals surface area contributed by atoms with Crippen molar-refractivity contribution in [1.29, 1.82) is 0 Å². The highest BCUT2D eigenvalue weighted by molar-refractivity contribution is 7.92. The Bertz CT molecular complexity index is 1330. The SMILES string of the molecule is C=CCOc1ccc(/C=N\NC(=O)CN(c2cccc(C(F)(F)F)c2)S(=O)(=O)c2ccccc2)cc1. The van der Waals surface area contributed by atoms with Gasteiger partial charge in [0, 0.05) is 0 Å². The van der Waals surface area contributed by atoms with E-state index in [9.17, 15) is 26.4 Å². The van der Waals surface area contributed by atoms with Crippen molar-refractivity contribution in [3.63, 3.8) is 0 Å². The van der Waals surface area contributed by atoms with Crippen molar-refractivity contribution in [2.24, 2.45) is 5.10 Å². The van der Waals surface area contributed by atoms with Gasteiger partial charge < -0.3 is 4.74 Å². The number of benzene rings is 3. The van der Waals surface area contributed by atoms with Gasteiger partial charge in [-0.3, -0.25) is 9.10 Å². The third-order valence-electron chi connectivity index (χ3n) is 4.73. The van der Waals surface area contributed by atoms with E-state index in [2.05, 4.69) is 17.1 Å². The van der Waals surface area contributed by atoms with Crippen LogP contribution in [-0.2, 0) is 21.0 Å². The molecule has 1 N–H and O–H groups in total. The molecular weight excluding hydrogens is 495 g/mol. The monoisotopic (exact) mass is 517 g/mol. The van der Waals surface area contributed by atoms with Crippen LogP contribution in [0.2, 0.25) is 0 Å². The number of nitrogens with one attached hydrogen (secondary N) is 1. The van der Waals surface area contributed by atoms with E-state index in [-0.39, 0.29) is 10.6 Å². The molecular formula is C25H22F3N3O4S. The zero-order chi connectivity index (χ0) is 26.2. The summed E-state index contributed by atoms with van der Waals surface area (Å²) in [5, 5.41) is 3.81. The molecule has 0 saturated heterocycles. The zero-order valence-electron chi connectivity index (χ0n) is 18.9. The lowest BCUT2D eigenvalue weighted by Gasteiger charge is -2.24. The molecule has 0 atom stereocenters. The highest BCUT2D eigenvalue weighted by atomic mass is 32.2. The summed E-state index contributed by atoms with van der Waals surface area (Å²) in [7, 11) is -4.37. The molecule has 0 unspecified atom stereocenters. The smallest absolute Gasteiger partial charge is 0.416 e. The van der Waals surface area contributed by atoms with Gasteiger partial charge in [0.1, 0.15) is 18.9 Å². The summed E-state index contributed by atoms with van der Waals surface area (Å²) in [6.45, 7) is 3.10. The zero-order valence-corrected chi connectivity index (χ0v) is 19.7. The van der Waals surface area contributed by atoms with E-state index in [1.807, 2.05) is 0 Å². The Hall–Kier alpha value is -4.12. The van der Waals surface area contributed by atoms with Crippen LogP contribution < -0.4 is 14.5 Å². The molecule has 11 heteroatoms. The van der Waals surface area contributed by atoms with Gasteiger partial charge >= 0.3 is 6.18 Å². The van der Waals surface area contributed by atoms with Gasteiger partial charge in [0.2, 0.25) is 0 Å². The van der Waals surface area contributed by atoms with Crippen molar-refractivity contribution < 1.29 is 31.1 Å². The van der Waals surface area contributed by atoms with Crippen LogP contribution in [0.4, 0.5) is 18.9 Å². The molecule has 0 aliphatic heterocycles. The predicted molar refractivity (Wildman–Crippen MR) is 130 cm³/mol. The van der Waals surface area contributed by atoms with Crippen LogP contribution in [0.5, 0.6) is 5.75 Å². The summed E-state index contributed by atoms with van der Waals surface area (Å²) in [6.07, 6.45) is -1.77. The Morgan fingerprint density at radius 3 is 2.36 bits per heavy atom. The van der Waals surface area contributed by atoms with Gasteiger partial charge in [-0.25, -0.2) is 13.8 Å². The second kappa shape index (κ2) is 11.5. The number of hydrazone groups is 1. The quantitative estimate of drug-likeness (QED) is 0.242. The van der Waals surface area contributed by atoms with Gasteiger partial charge in [-0.1, -0.05) is 36.9 Å². The van der Waals surface area contributed by atoms with Gasteiger partial charge in [0.05, 0.1) is 22.4 Å². The molecule has 3 rings (SSSR count). The number of anilines is 1. The standard InChI is InChI=1S/C25H22F3N3O4S/c1-2-15-35-22-13-11-19(12-14-22)17-29-30-24(32)18-31(36(33,34)23-9-4-3-5-10-23)21-8-6-7-20(16-21)25(26,27)28/h2-14,16-17H,1,15,18H2,(H,30,32)/b29-17-. The van der Waals surface area contributed by atoms with Gasteiger partial charge in [-0.15, -0.1) is 0 Å². The lowest BCUT2D eigenvalue weighted by atomic mass is 10.2. The molecule has 7 nitrogen and oxygen atoms in total. The summed E-state index contributed by atoms with van der Waals surface area (Å²) in [5.74, 6) is -0.243. The summed E-state index contributed by atoms with van der Waals surface area (Å²) >= 11 is 0. The molecule has 0 heterocycles. The Morgan fingerprint density at radius 2 is 1.72 bits per heavy atom. The number of amides is 1. The topological polar surface area (TPSA) is 88.1 Å². The van der Waals surface area contributed by atoms with E-state index in [0.717, 1.165) is 12.1 Å². The predicted octanol–water partition coefficient (Wildman–Crippen LogP) is 4.62. The molecule has 0 saturated carbocycles. The Balaban J connectivity index is 1.81. The molecule has 0 fully saturated rings. The minimum absolute atomic E-state index is 0.183. The number of hydrogen-bond donors (Lipinski definition) is 1. The molecule has 3 aromatic rings. The van der Waals surface area contributed by atoms with Crippen molar-refractivity contribution in [1.82, 2.24) is 5.43 Å². The second-order valence-corrected chi connectivity index (χ2v) is 9.20. The van der Waals surface area contributed by atoms with E-state index in [1.54, 1.807) is 36.4 Å². The summed E-state index contributed by atoms with van der Waals surface area (Å²) in [5.41, 5.74) is 1.46. The van der Waals surface area contributed by atoms with Crippen molar-refractivity contribution in [2.75, 3.05) is 17.5 Å². The van der Waals surface area contributed by atoms with Crippen LogP contribution in [0.25, 0.3) is 0 Å². The molecule has 188 valence electrons. The maximum atomic E-state index is 13.2. The number of carbonyl (C=O) groups is 1. The number of halogens is 3. The molecule has 1 amide bonds. The van der Waals surface area contributed by atoms with Gasteiger partial charge in [-0.2, -0.15) is 18.3 Å². The molecule has 0 aliphatic rings. The molecule has 36 heavy (non-hydrogen) atoms. The summed E-state index contributed by atoms with van der Waals surface area (Å²) in [6, 6.07) is 17.6. The second-order valence-electron chi connectivity index (χ2n) is 7.33. The van der Waals surface area contributed by atoms with E-state index < -0.39 is 34.2 Å². The fourth-order valence-electron chi connectivity index (χ4n) is 3.02. The van der Waals surface area contributed by atoms with Crippen LogP contribution in [-0.4, -0.2) is 33.7 Å². The molecule has 3 aromatic carbocycles. The fraction of sp³-hybridized carbons (Fsp3) is 0.120. The first-order valence-electron chi connectivity index (χ1n) is 10.5. The minimum atomic E-state index is -4.70. The first-order valence-corrected chi connectivity index (χ1v) is 12.0. The number of hydrogen-bond acceptors (Lipinski definition) is 5. The Morgan fingerprint density at radius 1 is 1.03 bits per heavy atom. The molecule has 0 radical (unpaired) electrons. The first kappa shape index (κ1) is 26.5. The minimum Gasteiger partial charge on any atom is -0.490 e. The average Bonchev–Trinajstić information content (AvgIpc) is 2.87. The maximum Gasteiger partial charge on any atom is 0.416 e. The fourth-order valence-corrected chi connectivity index (χ4v) is 4.46. The van der Waals surface area contributed by atoms with E-state index in [0.29, 0.717) is 28.3 Å². The molecule has 0 aliphatic carbocycles. The number of alkyl halides is 3.